The molecule has 0 saturated heterocycles. The van der Waals surface area contributed by atoms with Crippen LogP contribution in [0.4, 0.5) is 0 Å². The monoisotopic (exact) mass is 836 g/mol. The minimum Gasteiger partial charge on any atom is -0.756 e. The fraction of sp³-hybridized carbons (Fsp3) is 0.750. The quantitative estimate of drug-likeness (QED) is 0.0197. The number of quaternary nitrogens is 1. The summed E-state index contributed by atoms with van der Waals surface area (Å²) >= 11 is 0. The van der Waals surface area contributed by atoms with E-state index in [9.17, 15) is 19.0 Å². The largest absolute Gasteiger partial charge is 0.756 e. The van der Waals surface area contributed by atoms with E-state index in [0.29, 0.717) is 23.9 Å². The van der Waals surface area contributed by atoms with Gasteiger partial charge in [-0.2, -0.15) is 0 Å². The van der Waals surface area contributed by atoms with Gasteiger partial charge in [0.15, 0.2) is 6.10 Å². The van der Waals surface area contributed by atoms with Gasteiger partial charge in [-0.1, -0.05) is 152 Å². The zero-order chi connectivity index (χ0) is 42.8. The van der Waals surface area contributed by atoms with Crippen LogP contribution in [-0.2, 0) is 32.7 Å². The van der Waals surface area contributed by atoms with Gasteiger partial charge in [0.25, 0.3) is 7.82 Å². The van der Waals surface area contributed by atoms with E-state index in [-0.39, 0.29) is 26.1 Å². The van der Waals surface area contributed by atoms with Crippen molar-refractivity contribution in [1.29, 1.82) is 0 Å². The Morgan fingerprint density at radius 3 is 1.48 bits per heavy atom. The number of likely N-dealkylation sites (N-methyl/N-ethyl adjacent to an activating group) is 1. The zero-order valence-corrected chi connectivity index (χ0v) is 38.6. The first-order valence-electron chi connectivity index (χ1n) is 23.0. The van der Waals surface area contributed by atoms with E-state index in [1.807, 2.05) is 21.1 Å². The fourth-order valence-electron chi connectivity index (χ4n) is 5.93. The molecule has 0 rings (SSSR count). The van der Waals surface area contributed by atoms with Crippen molar-refractivity contribution in [3.63, 3.8) is 0 Å². The molecule has 0 aromatic carbocycles. The number of hydrogen-bond acceptors (Lipinski definition) is 8. The van der Waals surface area contributed by atoms with Gasteiger partial charge in [-0.25, -0.2) is 0 Å². The lowest BCUT2D eigenvalue weighted by molar-refractivity contribution is -0.870. The van der Waals surface area contributed by atoms with Gasteiger partial charge in [-0.15, -0.1) is 0 Å². The smallest absolute Gasteiger partial charge is 0.306 e. The Kier molecular flexibility index (Phi) is 38.5. The predicted octanol–water partition coefficient (Wildman–Crippen LogP) is 12.6. The number of rotatable bonds is 41. The highest BCUT2D eigenvalue weighted by atomic mass is 31.2. The first-order valence-corrected chi connectivity index (χ1v) is 24.5. The average Bonchev–Trinajstić information content (AvgIpc) is 3.17. The highest BCUT2D eigenvalue weighted by Crippen LogP contribution is 2.38. The topological polar surface area (TPSA) is 111 Å². The molecule has 0 spiro atoms. The fourth-order valence-corrected chi connectivity index (χ4v) is 6.66. The molecule has 2 atom stereocenters. The molecule has 0 aliphatic rings. The molecule has 0 saturated carbocycles. The summed E-state index contributed by atoms with van der Waals surface area (Å²) in [6.07, 6.45) is 48.1. The maximum absolute atomic E-state index is 12.7. The minimum absolute atomic E-state index is 0.0382. The summed E-state index contributed by atoms with van der Waals surface area (Å²) in [5.74, 6) is -0.869. The first-order chi connectivity index (χ1) is 28.0. The number of esters is 2. The summed E-state index contributed by atoms with van der Waals surface area (Å²) in [7, 11) is 1.14. The molecule has 58 heavy (non-hydrogen) atoms. The summed E-state index contributed by atoms with van der Waals surface area (Å²) in [4.78, 5) is 37.6. The van der Waals surface area contributed by atoms with Crippen molar-refractivity contribution in [2.45, 2.75) is 187 Å². The summed E-state index contributed by atoms with van der Waals surface area (Å²) < 4.78 is 33.9. The molecule has 0 fully saturated rings. The van der Waals surface area contributed by atoms with E-state index in [1.54, 1.807) is 0 Å². The zero-order valence-electron chi connectivity index (χ0n) is 37.7. The number of allylic oxidation sites excluding steroid dienone is 10. The van der Waals surface area contributed by atoms with Gasteiger partial charge in [0.2, 0.25) is 0 Å². The van der Waals surface area contributed by atoms with Crippen molar-refractivity contribution in [2.24, 2.45) is 0 Å². The summed E-state index contributed by atoms with van der Waals surface area (Å²) in [6, 6.07) is 0. The Hall–Kier alpha value is -2.29. The molecule has 9 nitrogen and oxygen atoms in total. The number of unbranched alkanes of at least 4 members (excludes halogenated alkanes) is 17. The standard InChI is InChI=1S/C48H86NO8P/c1-6-8-10-12-14-16-18-20-22-24-26-28-30-32-34-36-38-40-47(50)54-44-46(45-56-58(52,53)55-43-42-49(3,4)5)57-48(51)41-39-37-35-33-31-29-27-25-23-21-19-17-15-13-11-9-7-2/h8,10,14,16,20-23,26,28,46H,6-7,9,11-13,15,17-19,24-25,27,29-45H2,1-5H3/b10-8-,16-14-,22-20-,23-21-,28-26-/t46-/m1/s1. The van der Waals surface area contributed by atoms with E-state index in [2.05, 4.69) is 74.6 Å². The lowest BCUT2D eigenvalue weighted by atomic mass is 10.1. The SMILES string of the molecule is CC/C=C\C/C=C\C/C=C\C/C=C\CCCCCCC(=O)OC[C@H](COP(=O)([O-])OCC[N+](C)(C)C)OC(=O)CCCCCCCCC/C=C\CCCCCCCC. The summed E-state index contributed by atoms with van der Waals surface area (Å²) in [5.41, 5.74) is 0. The van der Waals surface area contributed by atoms with Gasteiger partial charge in [0.1, 0.15) is 19.8 Å². The normalized spacial score (nSPS) is 14.1. The predicted molar refractivity (Wildman–Crippen MR) is 240 cm³/mol. The second-order valence-electron chi connectivity index (χ2n) is 16.4. The van der Waals surface area contributed by atoms with Crippen LogP contribution < -0.4 is 4.89 Å². The third-order valence-corrected chi connectivity index (χ3v) is 10.5. The minimum atomic E-state index is -4.64. The van der Waals surface area contributed by atoms with Gasteiger partial charge in [0, 0.05) is 12.8 Å². The highest BCUT2D eigenvalue weighted by Gasteiger charge is 2.21. The van der Waals surface area contributed by atoms with Gasteiger partial charge < -0.3 is 27.9 Å². The molecule has 1 unspecified atom stereocenters. The number of phosphoric acid groups is 1. The lowest BCUT2D eigenvalue weighted by Crippen LogP contribution is -2.37. The van der Waals surface area contributed by atoms with Crippen molar-refractivity contribution < 1.29 is 42.1 Å². The molecule has 0 aliphatic heterocycles. The highest BCUT2D eigenvalue weighted by molar-refractivity contribution is 7.45. The molecule has 0 aliphatic carbocycles. The molecule has 0 aromatic rings. The van der Waals surface area contributed by atoms with Crippen molar-refractivity contribution >= 4 is 19.8 Å². The number of carbonyl (C=O) groups excluding carboxylic acids is 2. The maximum Gasteiger partial charge on any atom is 0.306 e. The second kappa shape index (κ2) is 40.1. The number of ether oxygens (including phenoxy) is 2. The Morgan fingerprint density at radius 1 is 0.552 bits per heavy atom. The van der Waals surface area contributed by atoms with E-state index >= 15 is 0 Å². The molecule has 0 bridgehead atoms. The Morgan fingerprint density at radius 2 is 0.983 bits per heavy atom. The average molecular weight is 836 g/mol. The third-order valence-electron chi connectivity index (χ3n) is 9.52. The van der Waals surface area contributed by atoms with Gasteiger partial charge >= 0.3 is 11.9 Å². The third kappa shape index (κ3) is 43.3. The molecule has 0 aromatic heterocycles. The summed E-state index contributed by atoms with van der Waals surface area (Å²) in [6.45, 7) is 4.07. The van der Waals surface area contributed by atoms with Crippen LogP contribution >= 0.6 is 7.82 Å². The maximum atomic E-state index is 12.7. The van der Waals surface area contributed by atoms with Crippen LogP contribution in [0, 0.1) is 0 Å². The first kappa shape index (κ1) is 55.7. The number of hydrogen-bond donors (Lipinski definition) is 0. The van der Waals surface area contributed by atoms with E-state index in [1.165, 1.54) is 64.2 Å². The van der Waals surface area contributed by atoms with Crippen molar-refractivity contribution in [3.8, 4) is 0 Å². The number of phosphoric ester groups is 1. The van der Waals surface area contributed by atoms with Crippen LogP contribution in [0.2, 0.25) is 0 Å². The van der Waals surface area contributed by atoms with Crippen LogP contribution in [0.3, 0.4) is 0 Å². The molecular weight excluding hydrogens is 750 g/mol. The van der Waals surface area contributed by atoms with Crippen LogP contribution in [0.1, 0.15) is 181 Å². The molecule has 10 heteroatoms. The molecule has 0 heterocycles. The Labute approximate surface area is 356 Å². The molecule has 0 N–H and O–H groups in total. The number of nitrogens with zero attached hydrogens (tertiary/aromatic N) is 1. The number of carbonyl (C=O) groups is 2. The molecular formula is C48H86NO8P. The second-order valence-corrected chi connectivity index (χ2v) is 17.8. The van der Waals surface area contributed by atoms with Gasteiger partial charge in [-0.05, 0) is 77.0 Å². The van der Waals surface area contributed by atoms with Crippen molar-refractivity contribution in [1.82, 2.24) is 0 Å². The Bertz CT molecular complexity index is 1170. The van der Waals surface area contributed by atoms with Crippen LogP contribution in [0.25, 0.3) is 0 Å². The van der Waals surface area contributed by atoms with Crippen LogP contribution in [0.5, 0.6) is 0 Å². The van der Waals surface area contributed by atoms with E-state index < -0.39 is 32.5 Å². The van der Waals surface area contributed by atoms with E-state index in [4.69, 9.17) is 18.5 Å². The van der Waals surface area contributed by atoms with Crippen LogP contribution in [-0.4, -0.2) is 70.0 Å². The summed E-state index contributed by atoms with van der Waals surface area (Å²) in [5, 5.41) is 0. The molecule has 0 radical (unpaired) electrons. The lowest BCUT2D eigenvalue weighted by Gasteiger charge is -2.28. The molecule has 336 valence electrons. The molecule has 0 amide bonds. The van der Waals surface area contributed by atoms with Crippen molar-refractivity contribution in [3.05, 3.63) is 60.8 Å². The Balaban J connectivity index is 4.39. The van der Waals surface area contributed by atoms with E-state index in [0.717, 1.165) is 77.0 Å². The van der Waals surface area contributed by atoms with Crippen molar-refractivity contribution in [2.75, 3.05) is 47.5 Å². The van der Waals surface area contributed by atoms with Gasteiger partial charge in [-0.3, -0.25) is 14.2 Å². The van der Waals surface area contributed by atoms with Gasteiger partial charge in [0.05, 0.1) is 27.7 Å². The van der Waals surface area contributed by atoms with Crippen LogP contribution in [0.15, 0.2) is 60.8 Å².